The summed E-state index contributed by atoms with van der Waals surface area (Å²) < 4.78 is 36.6. The van der Waals surface area contributed by atoms with Gasteiger partial charge in [-0.05, 0) is 371 Å². The molecule has 0 atom stereocenters. The first kappa shape index (κ1) is 101. The van der Waals surface area contributed by atoms with Gasteiger partial charge in [-0.1, -0.05) is 132 Å². The Labute approximate surface area is 772 Å². The molecule has 0 radical (unpaired) electrons. The number of hydrogen-bond donors (Lipinski definition) is 0. The molecule has 18 nitrogen and oxygen atoms in total. The molecule has 0 heterocycles. The first-order valence-corrected chi connectivity index (χ1v) is 43.6. The smallest absolute Gasteiger partial charge is 0.240 e. The molecule has 1 aliphatic carbocycles. The molecule has 12 aromatic rings. The van der Waals surface area contributed by atoms with Gasteiger partial charge >= 0.3 is 0 Å². The van der Waals surface area contributed by atoms with E-state index < -0.39 is 0 Å². The van der Waals surface area contributed by atoms with Gasteiger partial charge in [0.1, 0.15) is 74.1 Å². The maximum Gasteiger partial charge on any atom is 0.240 e. The first-order chi connectivity index (χ1) is 61.8. The molecule has 0 aromatic heterocycles. The van der Waals surface area contributed by atoms with Gasteiger partial charge in [0, 0.05) is 42.9 Å². The van der Waals surface area contributed by atoms with E-state index in [-0.39, 0.29) is 6.61 Å². The van der Waals surface area contributed by atoms with Crippen LogP contribution in [0, 0.1) is 138 Å². The van der Waals surface area contributed by atoms with Gasteiger partial charge in [-0.2, -0.15) is 30.0 Å². The lowest BCUT2D eigenvalue weighted by atomic mass is 10.0. The number of nitrogens with zero attached hydrogens (tertiary/aromatic N) is 6. The van der Waals surface area contributed by atoms with Gasteiger partial charge in [0.05, 0.1) is 34.1 Å². The SMILES string of the molecule is CCc1cccc(N=C=O)c1COc1cc(C)c(C)cc1C.Cc1cc(C)c(OCc2c(Br)cccc2N=C=O)cc1C.Cc1cc(C)c(OCc2c(C)cccc2N=C=O)cc1C.Cc1cc(C)c(OCc2c(C)cccc2N=C=O)cc1C.Cc1cc(C)c(OCc2c(Cl)cccc2N=C=O)cc1C.Cc1cc(C)c(OCc2c(N=C=O)cccc2C2CC2)cc1C. The molecule has 0 spiro atoms. The number of isocyanates is 6. The summed E-state index contributed by atoms with van der Waals surface area (Å²) in [6, 6.07) is 58.6. The second-order valence-electron chi connectivity index (χ2n) is 32.2. The Balaban J connectivity index is 0.000000191. The number of aryl methyl sites for hydroxylation is 21. The lowest BCUT2D eigenvalue weighted by Gasteiger charge is -2.15. The van der Waals surface area contributed by atoms with E-state index in [9.17, 15) is 28.8 Å². The molecule has 1 aliphatic rings. The van der Waals surface area contributed by atoms with Crippen LogP contribution in [0.5, 0.6) is 34.5 Å². The van der Waals surface area contributed by atoms with Crippen molar-refractivity contribution >= 4 is 98.1 Å². The van der Waals surface area contributed by atoms with E-state index in [0.29, 0.717) is 83.7 Å². The molecule has 20 heteroatoms. The molecular formula is C109H112BrClN6O12. The molecule has 1 fully saturated rings. The predicted octanol–water partition coefficient (Wildman–Crippen LogP) is 28.4. The lowest BCUT2D eigenvalue weighted by Crippen LogP contribution is -2.02. The van der Waals surface area contributed by atoms with Gasteiger partial charge < -0.3 is 28.4 Å². The molecule has 664 valence electrons. The molecule has 13 rings (SSSR count). The largest absolute Gasteiger partial charge is 0.489 e. The number of ether oxygens (including phenoxy) is 6. The lowest BCUT2D eigenvalue weighted by molar-refractivity contribution is 0.303. The Morgan fingerprint density at radius 2 is 0.504 bits per heavy atom. The van der Waals surface area contributed by atoms with Gasteiger partial charge in [-0.25, -0.2) is 28.8 Å². The molecular weight excluding hydrogens is 1700 g/mol. The Morgan fingerprint density at radius 1 is 0.271 bits per heavy atom. The standard InChI is InChI=1S/C20H21NO2.C19H21NO2.2C18H19NO2.C17H16BrNO2.C17H16ClNO2/c1-13-9-15(3)20(10-14(13)2)23-11-18-17(16-7-8-16)5-4-6-19(18)21-12-22;1-5-16-7-6-8-18(20-12-21)17(16)11-22-19-10-14(3)13(2)9-15(19)4;2*1-12-6-5-7-17(19-11-20)16(12)10-21-18-9-14(3)13(2)8-15(18)4;2*1-11-7-13(3)17(8-12(11)2)21-9-14-15(18)5-4-6-16(14)19-10-20/h4-6,9-10,16H,7-8,11H2,1-3H3;6-10H,5,11H2,1-4H3;2*5-9H,10H2,1-4H3;2*4-8H,9H2,1-3H3. The van der Waals surface area contributed by atoms with Gasteiger partial charge in [0.2, 0.25) is 36.5 Å². The van der Waals surface area contributed by atoms with Crippen molar-refractivity contribution in [3.63, 3.8) is 0 Å². The van der Waals surface area contributed by atoms with E-state index in [0.717, 1.165) is 123 Å². The number of hydrogen-bond acceptors (Lipinski definition) is 18. The van der Waals surface area contributed by atoms with Gasteiger partial charge in [-0.3, -0.25) is 0 Å². The van der Waals surface area contributed by atoms with Crippen LogP contribution in [-0.4, -0.2) is 36.5 Å². The van der Waals surface area contributed by atoms with Crippen LogP contribution in [0.1, 0.15) is 181 Å². The quantitative estimate of drug-likeness (QED) is 0.0364. The number of aliphatic imine (C=N–C) groups is 6. The normalized spacial score (nSPS) is 10.7. The topological polar surface area (TPSA) is 232 Å². The molecule has 0 amide bonds. The van der Waals surface area contributed by atoms with Crippen LogP contribution in [-0.2, 0) is 74.8 Å². The van der Waals surface area contributed by atoms with Crippen molar-refractivity contribution in [3.8, 4) is 34.5 Å². The fourth-order valence-electron chi connectivity index (χ4n) is 14.1. The average molecular weight is 1810 g/mol. The summed E-state index contributed by atoms with van der Waals surface area (Å²) in [7, 11) is 0. The maximum absolute atomic E-state index is 10.7. The second-order valence-corrected chi connectivity index (χ2v) is 33.4. The maximum atomic E-state index is 10.7. The van der Waals surface area contributed by atoms with E-state index in [2.05, 4.69) is 190 Å². The van der Waals surface area contributed by atoms with Crippen LogP contribution < -0.4 is 28.4 Å². The summed E-state index contributed by atoms with van der Waals surface area (Å²) >= 11 is 9.62. The third kappa shape index (κ3) is 29.0. The zero-order chi connectivity index (χ0) is 94.1. The zero-order valence-electron chi connectivity index (χ0n) is 77.6. The van der Waals surface area contributed by atoms with Crippen molar-refractivity contribution in [2.24, 2.45) is 30.0 Å². The highest BCUT2D eigenvalue weighted by molar-refractivity contribution is 9.10. The van der Waals surface area contributed by atoms with Crippen LogP contribution in [0.3, 0.4) is 0 Å². The molecule has 0 aliphatic heterocycles. The van der Waals surface area contributed by atoms with Gasteiger partial charge in [-0.15, -0.1) is 0 Å². The van der Waals surface area contributed by atoms with Crippen LogP contribution in [0.25, 0.3) is 0 Å². The Morgan fingerprint density at radius 3 is 0.814 bits per heavy atom. The van der Waals surface area contributed by atoms with Crippen molar-refractivity contribution in [3.05, 3.63) is 347 Å². The van der Waals surface area contributed by atoms with E-state index in [1.165, 1.54) is 91.2 Å². The highest BCUT2D eigenvalue weighted by atomic mass is 79.9. The highest BCUT2D eigenvalue weighted by Gasteiger charge is 2.28. The molecule has 0 unspecified atom stereocenters. The Hall–Kier alpha value is -13.5. The van der Waals surface area contributed by atoms with E-state index in [1.807, 2.05) is 146 Å². The molecule has 129 heavy (non-hydrogen) atoms. The van der Waals surface area contributed by atoms with Crippen LogP contribution >= 0.6 is 27.5 Å². The third-order valence-electron chi connectivity index (χ3n) is 22.8. The molecule has 0 saturated heterocycles. The number of rotatable bonds is 26. The summed E-state index contributed by atoms with van der Waals surface area (Å²) in [5.74, 6) is 5.71. The zero-order valence-corrected chi connectivity index (χ0v) is 79.9. The van der Waals surface area contributed by atoms with Gasteiger partial charge in [0.25, 0.3) is 0 Å². The fraction of sp³-hybridized carbons (Fsp3) is 0.284. The minimum atomic E-state index is 0.253. The summed E-state index contributed by atoms with van der Waals surface area (Å²) in [6.07, 6.45) is 12.9. The number of halogens is 2. The molecule has 1 saturated carbocycles. The van der Waals surface area contributed by atoms with Crippen molar-refractivity contribution in [2.75, 3.05) is 0 Å². The van der Waals surface area contributed by atoms with Crippen LogP contribution in [0.2, 0.25) is 5.02 Å². The second kappa shape index (κ2) is 49.6. The predicted molar refractivity (Wildman–Crippen MR) is 519 cm³/mol. The van der Waals surface area contributed by atoms with Crippen LogP contribution in [0.4, 0.5) is 34.1 Å². The summed E-state index contributed by atoms with van der Waals surface area (Å²) in [6.45, 7) is 45.3. The summed E-state index contributed by atoms with van der Waals surface area (Å²) in [5, 5.41) is 0.521. The van der Waals surface area contributed by atoms with Gasteiger partial charge in [0.15, 0.2) is 0 Å². The Kier molecular flexibility index (Phi) is 38.8. The number of carbonyl (C=O) groups excluding carboxylic acids is 6. The van der Waals surface area contributed by atoms with Crippen molar-refractivity contribution < 1.29 is 57.2 Å². The monoisotopic (exact) mass is 1810 g/mol. The van der Waals surface area contributed by atoms with Crippen molar-refractivity contribution in [1.29, 1.82) is 0 Å². The van der Waals surface area contributed by atoms with E-state index in [4.69, 9.17) is 40.0 Å². The van der Waals surface area contributed by atoms with E-state index in [1.54, 1.807) is 66.8 Å². The van der Waals surface area contributed by atoms with E-state index >= 15 is 0 Å². The van der Waals surface area contributed by atoms with Crippen molar-refractivity contribution in [2.45, 2.75) is 210 Å². The average Bonchev–Trinajstić information content (AvgIpc) is 1.66. The minimum absolute atomic E-state index is 0.253. The summed E-state index contributed by atoms with van der Waals surface area (Å²) in [5.41, 5.74) is 34.6. The minimum Gasteiger partial charge on any atom is -0.489 e. The highest BCUT2D eigenvalue weighted by Crippen LogP contribution is 2.45. The number of benzene rings is 12. The molecule has 0 N–H and O–H groups in total. The Bertz CT molecular complexity index is 5850. The molecule has 12 aromatic carbocycles. The van der Waals surface area contributed by atoms with Crippen LogP contribution in [0.15, 0.2) is 216 Å². The fourth-order valence-corrected chi connectivity index (χ4v) is 14.8. The van der Waals surface area contributed by atoms with Crippen molar-refractivity contribution in [1.82, 2.24) is 0 Å². The third-order valence-corrected chi connectivity index (χ3v) is 23.9. The molecule has 0 bridgehead atoms. The summed E-state index contributed by atoms with van der Waals surface area (Å²) in [4.78, 5) is 85.8. The first-order valence-electron chi connectivity index (χ1n) is 42.4.